The number of hydrogen-bond donors (Lipinski definition) is 1. The molecule has 0 radical (unpaired) electrons. The van der Waals surface area contributed by atoms with Gasteiger partial charge in [-0.25, -0.2) is 22.0 Å². The Morgan fingerprint density at radius 1 is 1.11 bits per heavy atom. The highest BCUT2D eigenvalue weighted by atomic mass is 35.5. The first-order chi connectivity index (χ1) is 13.2. The van der Waals surface area contributed by atoms with Gasteiger partial charge in [-0.15, -0.1) is 0 Å². The van der Waals surface area contributed by atoms with Gasteiger partial charge in [-0.2, -0.15) is 0 Å². The van der Waals surface area contributed by atoms with E-state index in [4.69, 9.17) is 16.7 Å². The van der Waals surface area contributed by atoms with Gasteiger partial charge in [0.15, 0.2) is 9.84 Å². The van der Waals surface area contributed by atoms with Crippen molar-refractivity contribution in [3.63, 3.8) is 0 Å². The van der Waals surface area contributed by atoms with Crippen LogP contribution in [0.1, 0.15) is 23.7 Å². The van der Waals surface area contributed by atoms with Gasteiger partial charge in [0.2, 0.25) is 0 Å². The lowest BCUT2D eigenvalue weighted by Crippen LogP contribution is -2.40. The van der Waals surface area contributed by atoms with Crippen LogP contribution in [-0.2, 0) is 9.84 Å². The summed E-state index contributed by atoms with van der Waals surface area (Å²) >= 11 is 5.83. The monoisotopic (exact) mass is 429 g/mol. The highest BCUT2D eigenvalue weighted by Crippen LogP contribution is 2.41. The number of benzene rings is 2. The SMILES string of the molecule is O=C(O)N1CCC(C(c2cc(F)ccc2F)S(=O)(=O)c2ccc(Cl)cc2)CC1. The Hall–Kier alpha value is -2.19. The fourth-order valence-electron chi connectivity index (χ4n) is 3.57. The van der Waals surface area contributed by atoms with Crippen LogP contribution >= 0.6 is 11.6 Å². The number of carboxylic acid groups (broad SMARTS) is 1. The van der Waals surface area contributed by atoms with E-state index in [2.05, 4.69) is 0 Å². The van der Waals surface area contributed by atoms with Crippen molar-refractivity contribution in [1.82, 2.24) is 4.90 Å². The lowest BCUT2D eigenvalue weighted by molar-refractivity contribution is 0.123. The molecule has 2 aromatic carbocycles. The van der Waals surface area contributed by atoms with Gasteiger partial charge in [0.05, 0.1) is 10.1 Å². The molecule has 0 spiro atoms. The summed E-state index contributed by atoms with van der Waals surface area (Å²) in [6.45, 7) is 0.257. The highest BCUT2D eigenvalue weighted by molar-refractivity contribution is 7.91. The molecule has 5 nitrogen and oxygen atoms in total. The summed E-state index contributed by atoms with van der Waals surface area (Å²) in [5, 5.41) is 8.13. The standard InChI is InChI=1S/C19H18ClF2NO4S/c20-13-1-4-15(5-2-13)28(26,27)18(16-11-14(21)3-6-17(16)22)12-7-9-23(10-8-12)19(24)25/h1-6,11-12,18H,7-10H2,(H,24,25). The van der Waals surface area contributed by atoms with Crippen molar-refractivity contribution in [2.24, 2.45) is 5.92 Å². The van der Waals surface area contributed by atoms with Crippen LogP contribution in [0.4, 0.5) is 13.6 Å². The molecule has 9 heteroatoms. The molecule has 1 amide bonds. The molecular weight excluding hydrogens is 412 g/mol. The molecule has 1 fully saturated rings. The number of halogens is 3. The van der Waals surface area contributed by atoms with Crippen LogP contribution in [0.25, 0.3) is 0 Å². The third-order valence-corrected chi connectivity index (χ3v) is 7.47. The van der Waals surface area contributed by atoms with Crippen LogP contribution in [0.5, 0.6) is 0 Å². The molecule has 28 heavy (non-hydrogen) atoms. The Morgan fingerprint density at radius 2 is 1.71 bits per heavy atom. The molecule has 150 valence electrons. The maximum absolute atomic E-state index is 14.5. The van der Waals surface area contributed by atoms with Gasteiger partial charge < -0.3 is 10.0 Å². The smallest absolute Gasteiger partial charge is 0.407 e. The molecule has 1 heterocycles. The quantitative estimate of drug-likeness (QED) is 0.775. The van der Waals surface area contributed by atoms with E-state index < -0.39 is 38.7 Å². The van der Waals surface area contributed by atoms with Crippen molar-refractivity contribution in [3.8, 4) is 0 Å². The summed E-state index contributed by atoms with van der Waals surface area (Å²) in [4.78, 5) is 12.3. The Labute approximate surface area is 166 Å². The van der Waals surface area contributed by atoms with Crippen LogP contribution in [0.15, 0.2) is 47.4 Å². The van der Waals surface area contributed by atoms with Crippen LogP contribution < -0.4 is 0 Å². The average Bonchev–Trinajstić information content (AvgIpc) is 2.65. The lowest BCUT2D eigenvalue weighted by atomic mass is 9.89. The summed E-state index contributed by atoms with van der Waals surface area (Å²) in [5.74, 6) is -2.12. The summed E-state index contributed by atoms with van der Waals surface area (Å²) in [6.07, 6.45) is -0.646. The molecule has 1 atom stereocenters. The van der Waals surface area contributed by atoms with Crippen molar-refractivity contribution < 1.29 is 27.1 Å². The van der Waals surface area contributed by atoms with Crippen LogP contribution in [0.3, 0.4) is 0 Å². The van der Waals surface area contributed by atoms with Crippen molar-refractivity contribution in [2.75, 3.05) is 13.1 Å². The van der Waals surface area contributed by atoms with Gasteiger partial charge in [-0.05, 0) is 61.2 Å². The Bertz CT molecular complexity index is 974. The molecule has 1 aliphatic heterocycles. The average molecular weight is 430 g/mol. The second kappa shape index (κ2) is 8.05. The Kier molecular flexibility index (Phi) is 5.90. The number of likely N-dealkylation sites (tertiary alicyclic amines) is 1. The fraction of sp³-hybridized carbons (Fsp3) is 0.316. The van der Waals surface area contributed by atoms with E-state index in [-0.39, 0.29) is 36.4 Å². The van der Waals surface area contributed by atoms with Crippen molar-refractivity contribution in [2.45, 2.75) is 23.0 Å². The molecule has 0 bridgehead atoms. The molecular formula is C19H18ClF2NO4S. The van der Waals surface area contributed by atoms with E-state index >= 15 is 0 Å². The minimum Gasteiger partial charge on any atom is -0.465 e. The summed E-state index contributed by atoms with van der Waals surface area (Å²) in [5.41, 5.74) is -0.247. The van der Waals surface area contributed by atoms with Crippen molar-refractivity contribution in [3.05, 3.63) is 64.7 Å². The van der Waals surface area contributed by atoms with Gasteiger partial charge in [-0.1, -0.05) is 11.6 Å². The van der Waals surface area contributed by atoms with E-state index in [1.165, 1.54) is 29.2 Å². The molecule has 0 aromatic heterocycles. The lowest BCUT2D eigenvalue weighted by Gasteiger charge is -2.35. The van der Waals surface area contributed by atoms with Gasteiger partial charge in [-0.3, -0.25) is 0 Å². The first kappa shape index (κ1) is 20.5. The number of sulfone groups is 1. The molecule has 1 saturated heterocycles. The zero-order valence-electron chi connectivity index (χ0n) is 14.7. The van der Waals surface area contributed by atoms with E-state index in [0.717, 1.165) is 18.2 Å². The molecule has 1 N–H and O–H groups in total. The second-order valence-corrected chi connectivity index (χ2v) is 9.20. The van der Waals surface area contributed by atoms with Crippen LogP contribution in [-0.4, -0.2) is 37.6 Å². The van der Waals surface area contributed by atoms with Gasteiger partial charge >= 0.3 is 6.09 Å². The number of amides is 1. The molecule has 2 aromatic rings. The molecule has 1 unspecified atom stereocenters. The number of rotatable bonds is 4. The second-order valence-electron chi connectivity index (χ2n) is 6.69. The molecule has 0 aliphatic carbocycles. The van der Waals surface area contributed by atoms with E-state index in [1.54, 1.807) is 0 Å². The normalized spacial score (nSPS) is 16.8. The fourth-order valence-corrected chi connectivity index (χ4v) is 5.80. The molecule has 3 rings (SSSR count). The number of nitrogens with zero attached hydrogens (tertiary/aromatic N) is 1. The number of carbonyl (C=O) groups is 1. The summed E-state index contributed by atoms with van der Waals surface area (Å²) < 4.78 is 55.1. The molecule has 0 saturated carbocycles. The first-order valence-corrected chi connectivity index (χ1v) is 10.5. The van der Waals surface area contributed by atoms with E-state index in [0.29, 0.717) is 5.02 Å². The zero-order chi connectivity index (χ0) is 20.5. The van der Waals surface area contributed by atoms with Gasteiger partial charge in [0, 0.05) is 23.7 Å². The largest absolute Gasteiger partial charge is 0.465 e. The predicted octanol–water partition coefficient (Wildman–Crippen LogP) is 4.52. The maximum atomic E-state index is 14.5. The first-order valence-electron chi connectivity index (χ1n) is 8.62. The van der Waals surface area contributed by atoms with Gasteiger partial charge in [0.25, 0.3) is 0 Å². The van der Waals surface area contributed by atoms with E-state index in [1.807, 2.05) is 0 Å². The van der Waals surface area contributed by atoms with Gasteiger partial charge in [0.1, 0.15) is 11.6 Å². The summed E-state index contributed by atoms with van der Waals surface area (Å²) in [6, 6.07) is 8.22. The number of hydrogen-bond acceptors (Lipinski definition) is 3. The highest BCUT2D eigenvalue weighted by Gasteiger charge is 2.40. The van der Waals surface area contributed by atoms with Crippen LogP contribution in [0.2, 0.25) is 5.02 Å². The predicted molar refractivity (Wildman–Crippen MR) is 100 cm³/mol. The third kappa shape index (κ3) is 4.12. The minimum absolute atomic E-state index is 0.0498. The van der Waals surface area contributed by atoms with E-state index in [9.17, 15) is 22.0 Å². The minimum atomic E-state index is -4.08. The Morgan fingerprint density at radius 3 is 2.29 bits per heavy atom. The number of piperidine rings is 1. The van der Waals surface area contributed by atoms with Crippen molar-refractivity contribution in [1.29, 1.82) is 0 Å². The topological polar surface area (TPSA) is 74.7 Å². The zero-order valence-corrected chi connectivity index (χ0v) is 16.3. The molecule has 1 aliphatic rings. The third-order valence-electron chi connectivity index (χ3n) is 4.98. The van der Waals surface area contributed by atoms with Crippen molar-refractivity contribution >= 4 is 27.5 Å². The van der Waals surface area contributed by atoms with Crippen LogP contribution in [0, 0.1) is 17.6 Å². The maximum Gasteiger partial charge on any atom is 0.407 e. The Balaban J connectivity index is 2.06. The summed E-state index contributed by atoms with van der Waals surface area (Å²) in [7, 11) is -4.08.